The van der Waals surface area contributed by atoms with Crippen LogP contribution in [0.4, 0.5) is 5.69 Å². The van der Waals surface area contributed by atoms with Gasteiger partial charge in [0.1, 0.15) is 12.3 Å². The minimum atomic E-state index is -0.365. The number of rotatable bonds is 10. The van der Waals surface area contributed by atoms with Crippen molar-refractivity contribution in [1.29, 1.82) is 0 Å². The van der Waals surface area contributed by atoms with Gasteiger partial charge in [-0.15, -0.1) is 5.10 Å². The predicted molar refractivity (Wildman–Crippen MR) is 107 cm³/mol. The Hall–Kier alpha value is -3.14. The molecule has 2 heterocycles. The van der Waals surface area contributed by atoms with Crippen LogP contribution >= 0.6 is 11.8 Å². The molecule has 0 bridgehead atoms. The van der Waals surface area contributed by atoms with E-state index < -0.39 is 0 Å². The number of aromatic nitrogens is 4. The molecule has 1 aromatic carbocycles. The second-order valence-electron chi connectivity index (χ2n) is 6.10. The molecular formula is C19H21N5O4S. The molecule has 0 spiro atoms. The fourth-order valence-corrected chi connectivity index (χ4v) is 3.04. The lowest BCUT2D eigenvalue weighted by atomic mass is 10.2. The van der Waals surface area contributed by atoms with Crippen LogP contribution in [0.5, 0.6) is 0 Å². The molecule has 0 aliphatic heterocycles. The van der Waals surface area contributed by atoms with Crippen LogP contribution in [-0.4, -0.2) is 44.4 Å². The number of nitrogens with one attached hydrogen (secondary N) is 1. The summed E-state index contributed by atoms with van der Waals surface area (Å²) in [5.74, 6) is 0.285. The van der Waals surface area contributed by atoms with E-state index in [0.717, 1.165) is 18.6 Å². The number of furan rings is 1. The van der Waals surface area contributed by atoms with E-state index in [1.807, 2.05) is 13.0 Å². The third-order valence-corrected chi connectivity index (χ3v) is 4.81. The van der Waals surface area contributed by atoms with Crippen LogP contribution in [0.15, 0.2) is 52.2 Å². The zero-order valence-electron chi connectivity index (χ0n) is 15.9. The summed E-state index contributed by atoms with van der Waals surface area (Å²) in [5, 5.41) is 14.8. The highest BCUT2D eigenvalue weighted by Crippen LogP contribution is 2.17. The zero-order valence-corrected chi connectivity index (χ0v) is 16.7. The second kappa shape index (κ2) is 10.4. The van der Waals surface area contributed by atoms with Gasteiger partial charge in [0.15, 0.2) is 0 Å². The second-order valence-corrected chi connectivity index (χ2v) is 7.04. The Bertz CT molecular complexity index is 924. The Morgan fingerprint density at radius 3 is 2.79 bits per heavy atom. The Morgan fingerprint density at radius 1 is 1.24 bits per heavy atom. The number of carbonyl (C=O) groups is 2. The molecule has 0 fully saturated rings. The van der Waals surface area contributed by atoms with Gasteiger partial charge in [0.2, 0.25) is 11.1 Å². The third-order valence-electron chi connectivity index (χ3n) is 3.85. The topological polar surface area (TPSA) is 112 Å². The smallest absolute Gasteiger partial charge is 0.338 e. The van der Waals surface area contributed by atoms with Crippen LogP contribution in [0.25, 0.3) is 0 Å². The largest absolute Gasteiger partial charge is 0.467 e. The lowest BCUT2D eigenvalue weighted by Gasteiger charge is -2.07. The quantitative estimate of drug-likeness (QED) is 0.305. The first kappa shape index (κ1) is 20.6. The summed E-state index contributed by atoms with van der Waals surface area (Å²) in [6.45, 7) is 2.83. The molecule has 0 aliphatic carbocycles. The van der Waals surface area contributed by atoms with Gasteiger partial charge in [0.05, 0.1) is 24.2 Å². The molecule has 0 saturated heterocycles. The van der Waals surface area contributed by atoms with Crippen LogP contribution in [0.3, 0.4) is 0 Å². The maximum absolute atomic E-state index is 12.2. The highest BCUT2D eigenvalue weighted by atomic mass is 32.2. The molecule has 0 radical (unpaired) electrons. The van der Waals surface area contributed by atoms with Gasteiger partial charge in [0, 0.05) is 5.69 Å². The summed E-state index contributed by atoms with van der Waals surface area (Å²) in [6, 6.07) is 10.2. The minimum Gasteiger partial charge on any atom is -0.467 e. The Balaban J connectivity index is 1.47. The number of tetrazole rings is 1. The molecule has 0 aliphatic rings. The van der Waals surface area contributed by atoms with Crippen molar-refractivity contribution in [3.05, 3.63) is 54.0 Å². The van der Waals surface area contributed by atoms with E-state index in [-0.39, 0.29) is 17.6 Å². The van der Waals surface area contributed by atoms with Crippen molar-refractivity contribution in [3.63, 3.8) is 0 Å². The van der Waals surface area contributed by atoms with E-state index in [1.165, 1.54) is 11.8 Å². The lowest BCUT2D eigenvalue weighted by Crippen LogP contribution is -2.15. The van der Waals surface area contributed by atoms with Crippen LogP contribution in [-0.2, 0) is 16.1 Å². The molecular weight excluding hydrogens is 394 g/mol. The number of nitrogens with zero attached hydrogens (tertiary/aromatic N) is 4. The van der Waals surface area contributed by atoms with Crippen molar-refractivity contribution >= 4 is 29.3 Å². The van der Waals surface area contributed by atoms with E-state index in [9.17, 15) is 9.59 Å². The fourth-order valence-electron chi connectivity index (χ4n) is 2.36. The number of ether oxygens (including phenoxy) is 1. The van der Waals surface area contributed by atoms with E-state index in [0.29, 0.717) is 29.6 Å². The number of unbranched alkanes of at least 4 members (excludes halogenated alkanes) is 1. The van der Waals surface area contributed by atoms with Gasteiger partial charge in [0.25, 0.3) is 0 Å². The number of anilines is 1. The molecule has 3 aromatic rings. The minimum absolute atomic E-state index is 0.138. The summed E-state index contributed by atoms with van der Waals surface area (Å²) >= 11 is 1.22. The van der Waals surface area contributed by atoms with Crippen molar-refractivity contribution < 1.29 is 18.7 Å². The molecule has 1 N–H and O–H groups in total. The highest BCUT2D eigenvalue weighted by Gasteiger charge is 2.12. The maximum Gasteiger partial charge on any atom is 0.338 e. The SMILES string of the molecule is CCCCOC(=O)c1ccc(NC(=O)CSc2nnnn2Cc2ccco2)cc1. The molecule has 0 unspecified atom stereocenters. The number of amides is 1. The van der Waals surface area contributed by atoms with Crippen LogP contribution < -0.4 is 5.32 Å². The number of hydrogen-bond donors (Lipinski definition) is 1. The Kier molecular flexibility index (Phi) is 7.40. The summed E-state index contributed by atoms with van der Waals surface area (Å²) in [4.78, 5) is 24.1. The molecule has 1 amide bonds. The maximum atomic E-state index is 12.2. The van der Waals surface area contributed by atoms with Crippen LogP contribution in [0.1, 0.15) is 35.9 Å². The van der Waals surface area contributed by atoms with Gasteiger partial charge >= 0.3 is 5.97 Å². The first-order valence-electron chi connectivity index (χ1n) is 9.14. The Labute approximate surface area is 171 Å². The molecule has 0 atom stereocenters. The highest BCUT2D eigenvalue weighted by molar-refractivity contribution is 7.99. The van der Waals surface area contributed by atoms with E-state index in [2.05, 4.69) is 20.8 Å². The fraction of sp³-hybridized carbons (Fsp3) is 0.316. The van der Waals surface area contributed by atoms with Crippen LogP contribution in [0, 0.1) is 0 Å². The van der Waals surface area contributed by atoms with Crippen LogP contribution in [0.2, 0.25) is 0 Å². The molecule has 10 heteroatoms. The first-order valence-corrected chi connectivity index (χ1v) is 10.1. The van der Waals surface area contributed by atoms with Gasteiger partial charge in [-0.1, -0.05) is 25.1 Å². The first-order chi connectivity index (χ1) is 14.2. The average Bonchev–Trinajstić information content (AvgIpc) is 3.39. The number of benzene rings is 1. The van der Waals surface area contributed by atoms with Crippen molar-refractivity contribution in [2.75, 3.05) is 17.7 Å². The summed E-state index contributed by atoms with van der Waals surface area (Å²) in [7, 11) is 0. The van der Waals surface area contributed by atoms with Crippen molar-refractivity contribution in [1.82, 2.24) is 20.2 Å². The summed E-state index contributed by atoms with van der Waals surface area (Å²) in [5.41, 5.74) is 1.04. The number of hydrogen-bond acceptors (Lipinski definition) is 8. The predicted octanol–water partition coefficient (Wildman–Crippen LogP) is 3.00. The number of carbonyl (C=O) groups excluding carboxylic acids is 2. The molecule has 9 nitrogen and oxygen atoms in total. The monoisotopic (exact) mass is 415 g/mol. The van der Waals surface area contributed by atoms with E-state index >= 15 is 0 Å². The molecule has 3 rings (SSSR count). The summed E-state index contributed by atoms with van der Waals surface area (Å²) in [6.07, 6.45) is 3.38. The molecule has 0 saturated carbocycles. The zero-order chi connectivity index (χ0) is 20.5. The van der Waals surface area contributed by atoms with Crippen molar-refractivity contribution in [2.24, 2.45) is 0 Å². The van der Waals surface area contributed by atoms with E-state index in [1.54, 1.807) is 41.3 Å². The molecule has 2 aromatic heterocycles. The Morgan fingerprint density at radius 2 is 2.07 bits per heavy atom. The number of esters is 1. The summed E-state index contributed by atoms with van der Waals surface area (Å²) < 4.78 is 12.0. The van der Waals surface area contributed by atoms with Gasteiger partial charge in [-0.2, -0.15) is 0 Å². The van der Waals surface area contributed by atoms with Crippen molar-refractivity contribution in [2.45, 2.75) is 31.5 Å². The molecule has 152 valence electrons. The van der Waals surface area contributed by atoms with Gasteiger partial charge in [-0.25, -0.2) is 9.48 Å². The lowest BCUT2D eigenvalue weighted by molar-refractivity contribution is -0.113. The normalized spacial score (nSPS) is 10.7. The number of thioether (sulfide) groups is 1. The van der Waals surface area contributed by atoms with Gasteiger partial charge < -0.3 is 14.5 Å². The van der Waals surface area contributed by atoms with Crippen molar-refractivity contribution in [3.8, 4) is 0 Å². The standard InChI is InChI=1S/C19H21N5O4S/c1-2-3-10-28-18(26)14-6-8-15(9-7-14)20-17(25)13-29-19-21-22-23-24(19)12-16-5-4-11-27-16/h4-9,11H,2-3,10,12-13H2,1H3,(H,20,25). The third kappa shape index (κ3) is 6.18. The molecule has 29 heavy (non-hydrogen) atoms. The van der Waals surface area contributed by atoms with Gasteiger partial charge in [-0.05, 0) is 53.2 Å². The average molecular weight is 415 g/mol. The van der Waals surface area contributed by atoms with E-state index in [4.69, 9.17) is 9.15 Å². The van der Waals surface area contributed by atoms with Gasteiger partial charge in [-0.3, -0.25) is 4.79 Å².